The number of carbonyl (C=O) groups is 2. The minimum absolute atomic E-state index is 0.0435. The molecule has 0 aliphatic carbocycles. The summed E-state index contributed by atoms with van der Waals surface area (Å²) < 4.78 is 5.62. The van der Waals surface area contributed by atoms with Gasteiger partial charge in [-0.3, -0.25) is 9.59 Å². The van der Waals surface area contributed by atoms with Crippen LogP contribution in [-0.2, 0) is 4.79 Å². The quantitative estimate of drug-likeness (QED) is 0.725. The van der Waals surface area contributed by atoms with E-state index in [9.17, 15) is 9.59 Å². The van der Waals surface area contributed by atoms with E-state index < -0.39 is 0 Å². The SMILES string of the molecule is CCN(CC)C(=O)c1cccc(NC(=O)COc2ccc(C(C)C)c(C)c2)c1. The normalized spacial score (nSPS) is 10.6. The molecule has 28 heavy (non-hydrogen) atoms. The molecule has 0 heterocycles. The van der Waals surface area contributed by atoms with Crippen molar-refractivity contribution in [3.63, 3.8) is 0 Å². The highest BCUT2D eigenvalue weighted by Gasteiger charge is 2.13. The van der Waals surface area contributed by atoms with Crippen LogP contribution in [0.2, 0.25) is 0 Å². The lowest BCUT2D eigenvalue weighted by Gasteiger charge is -2.19. The predicted octanol–water partition coefficient (Wildman–Crippen LogP) is 4.62. The summed E-state index contributed by atoms with van der Waals surface area (Å²) in [4.78, 5) is 26.4. The molecule has 0 atom stereocenters. The zero-order valence-electron chi connectivity index (χ0n) is 17.4. The Hall–Kier alpha value is -2.82. The Kier molecular flexibility index (Phi) is 7.61. The van der Waals surface area contributed by atoms with Crippen LogP contribution in [0, 0.1) is 6.92 Å². The predicted molar refractivity (Wildman–Crippen MR) is 113 cm³/mol. The second-order valence-electron chi connectivity index (χ2n) is 7.07. The molecular weight excluding hydrogens is 352 g/mol. The number of aryl methyl sites for hydroxylation is 1. The summed E-state index contributed by atoms with van der Waals surface area (Å²) >= 11 is 0. The first-order valence-electron chi connectivity index (χ1n) is 9.78. The molecule has 0 saturated heterocycles. The summed E-state index contributed by atoms with van der Waals surface area (Å²) in [5.74, 6) is 0.808. The van der Waals surface area contributed by atoms with Gasteiger partial charge in [0.2, 0.25) is 0 Å². The zero-order chi connectivity index (χ0) is 20.7. The van der Waals surface area contributed by atoms with Crippen LogP contribution >= 0.6 is 0 Å². The van der Waals surface area contributed by atoms with Crippen molar-refractivity contribution < 1.29 is 14.3 Å². The lowest BCUT2D eigenvalue weighted by molar-refractivity contribution is -0.118. The third-order valence-corrected chi connectivity index (χ3v) is 4.68. The van der Waals surface area contributed by atoms with Gasteiger partial charge >= 0.3 is 0 Å². The fourth-order valence-corrected chi connectivity index (χ4v) is 3.16. The van der Waals surface area contributed by atoms with Gasteiger partial charge in [-0.15, -0.1) is 0 Å². The first-order valence-corrected chi connectivity index (χ1v) is 9.78. The molecule has 5 nitrogen and oxygen atoms in total. The highest BCUT2D eigenvalue weighted by Crippen LogP contribution is 2.23. The highest BCUT2D eigenvalue weighted by molar-refractivity contribution is 5.97. The first-order chi connectivity index (χ1) is 13.3. The van der Waals surface area contributed by atoms with E-state index in [4.69, 9.17) is 4.74 Å². The van der Waals surface area contributed by atoms with Crippen LogP contribution in [0.3, 0.4) is 0 Å². The van der Waals surface area contributed by atoms with Gasteiger partial charge in [0.05, 0.1) is 0 Å². The lowest BCUT2D eigenvalue weighted by atomic mass is 9.98. The number of amides is 2. The van der Waals surface area contributed by atoms with Crippen molar-refractivity contribution in [3.8, 4) is 5.75 Å². The molecule has 0 aliphatic rings. The third-order valence-electron chi connectivity index (χ3n) is 4.68. The maximum absolute atomic E-state index is 12.5. The smallest absolute Gasteiger partial charge is 0.262 e. The number of carbonyl (C=O) groups excluding carboxylic acids is 2. The highest BCUT2D eigenvalue weighted by atomic mass is 16.5. The molecule has 2 rings (SSSR count). The Bertz CT molecular complexity index is 826. The lowest BCUT2D eigenvalue weighted by Crippen LogP contribution is -2.30. The fraction of sp³-hybridized carbons (Fsp3) is 0.391. The van der Waals surface area contributed by atoms with Crippen molar-refractivity contribution in [2.24, 2.45) is 0 Å². The largest absolute Gasteiger partial charge is 0.484 e. The van der Waals surface area contributed by atoms with E-state index in [1.165, 1.54) is 5.56 Å². The van der Waals surface area contributed by atoms with E-state index in [0.717, 1.165) is 5.56 Å². The number of nitrogens with one attached hydrogen (secondary N) is 1. The van der Waals surface area contributed by atoms with Crippen molar-refractivity contribution in [1.29, 1.82) is 0 Å². The maximum Gasteiger partial charge on any atom is 0.262 e. The van der Waals surface area contributed by atoms with E-state index in [-0.39, 0.29) is 18.4 Å². The number of benzene rings is 2. The molecule has 150 valence electrons. The first kappa shape index (κ1) is 21.5. The minimum Gasteiger partial charge on any atom is -0.484 e. The molecule has 0 aromatic heterocycles. The number of nitrogens with zero attached hydrogens (tertiary/aromatic N) is 1. The van der Waals surface area contributed by atoms with Gasteiger partial charge in [0, 0.05) is 24.3 Å². The summed E-state index contributed by atoms with van der Waals surface area (Å²) in [6.45, 7) is 11.4. The standard InChI is InChI=1S/C23H30N2O3/c1-6-25(7-2)23(27)18-9-8-10-19(14-18)24-22(26)15-28-20-11-12-21(16(3)4)17(5)13-20/h8-14,16H,6-7,15H2,1-5H3,(H,24,26). The van der Waals surface area contributed by atoms with Gasteiger partial charge in [-0.25, -0.2) is 0 Å². The molecule has 5 heteroatoms. The average molecular weight is 383 g/mol. The van der Waals surface area contributed by atoms with Gasteiger partial charge < -0.3 is 15.0 Å². The fourth-order valence-electron chi connectivity index (χ4n) is 3.16. The van der Waals surface area contributed by atoms with Crippen molar-refractivity contribution in [1.82, 2.24) is 4.90 Å². The van der Waals surface area contributed by atoms with Crippen LogP contribution < -0.4 is 10.1 Å². The van der Waals surface area contributed by atoms with Gasteiger partial charge in [-0.1, -0.05) is 26.0 Å². The molecule has 0 radical (unpaired) electrons. The molecule has 0 unspecified atom stereocenters. The maximum atomic E-state index is 12.5. The molecule has 0 bridgehead atoms. The monoisotopic (exact) mass is 382 g/mol. The molecule has 2 amide bonds. The minimum atomic E-state index is -0.266. The summed E-state index contributed by atoms with van der Waals surface area (Å²) in [7, 11) is 0. The van der Waals surface area contributed by atoms with Crippen molar-refractivity contribution in [3.05, 3.63) is 59.2 Å². The third kappa shape index (κ3) is 5.59. The van der Waals surface area contributed by atoms with E-state index in [0.29, 0.717) is 36.0 Å². The molecule has 2 aromatic carbocycles. The second kappa shape index (κ2) is 9.93. The Balaban J connectivity index is 1.97. The van der Waals surface area contributed by atoms with Crippen molar-refractivity contribution in [2.75, 3.05) is 25.0 Å². The second-order valence-corrected chi connectivity index (χ2v) is 7.07. The van der Waals surface area contributed by atoms with Crippen molar-refractivity contribution in [2.45, 2.75) is 40.5 Å². The van der Waals surface area contributed by atoms with Gasteiger partial charge in [0.25, 0.3) is 11.8 Å². The van der Waals surface area contributed by atoms with Crippen molar-refractivity contribution >= 4 is 17.5 Å². The van der Waals surface area contributed by atoms with Gasteiger partial charge in [0.1, 0.15) is 5.75 Å². The molecule has 0 fully saturated rings. The Morgan fingerprint density at radius 3 is 2.39 bits per heavy atom. The van der Waals surface area contributed by atoms with E-state index in [1.807, 2.05) is 39.0 Å². The number of rotatable bonds is 8. The summed E-state index contributed by atoms with van der Waals surface area (Å²) in [6.07, 6.45) is 0. The van der Waals surface area contributed by atoms with Crippen LogP contribution in [-0.4, -0.2) is 36.4 Å². The van der Waals surface area contributed by atoms with E-state index in [1.54, 1.807) is 29.2 Å². The molecule has 0 aliphatic heterocycles. The zero-order valence-corrected chi connectivity index (χ0v) is 17.4. The summed E-state index contributed by atoms with van der Waals surface area (Å²) in [5.41, 5.74) is 3.56. The Morgan fingerprint density at radius 2 is 1.79 bits per heavy atom. The van der Waals surface area contributed by atoms with Gasteiger partial charge in [-0.2, -0.15) is 0 Å². The molecule has 2 aromatic rings. The summed E-state index contributed by atoms with van der Waals surface area (Å²) in [6, 6.07) is 12.9. The summed E-state index contributed by atoms with van der Waals surface area (Å²) in [5, 5.41) is 2.79. The number of anilines is 1. The van der Waals surface area contributed by atoms with Gasteiger partial charge in [-0.05, 0) is 68.1 Å². The number of ether oxygens (including phenoxy) is 1. The van der Waals surface area contributed by atoms with Crippen LogP contribution in [0.15, 0.2) is 42.5 Å². The van der Waals surface area contributed by atoms with Crippen LogP contribution in [0.25, 0.3) is 0 Å². The van der Waals surface area contributed by atoms with Crippen LogP contribution in [0.1, 0.15) is 55.1 Å². The molecule has 0 spiro atoms. The topological polar surface area (TPSA) is 58.6 Å². The average Bonchev–Trinajstić information content (AvgIpc) is 2.67. The molecule has 1 N–H and O–H groups in total. The van der Waals surface area contributed by atoms with Gasteiger partial charge in [0.15, 0.2) is 6.61 Å². The molecular formula is C23H30N2O3. The van der Waals surface area contributed by atoms with Crippen LogP contribution in [0.4, 0.5) is 5.69 Å². The number of hydrogen-bond donors (Lipinski definition) is 1. The Labute approximate surface area is 167 Å². The van der Waals surface area contributed by atoms with Crippen LogP contribution in [0.5, 0.6) is 5.75 Å². The Morgan fingerprint density at radius 1 is 1.07 bits per heavy atom. The molecule has 0 saturated carbocycles. The van der Waals surface area contributed by atoms with E-state index in [2.05, 4.69) is 19.2 Å². The number of hydrogen-bond acceptors (Lipinski definition) is 3. The van der Waals surface area contributed by atoms with E-state index >= 15 is 0 Å².